The minimum atomic E-state index is -0.847. The second-order valence-electron chi connectivity index (χ2n) is 5.47. The molecule has 2 aromatic rings. The summed E-state index contributed by atoms with van der Waals surface area (Å²) in [5.41, 5.74) is -0.239. The first kappa shape index (κ1) is 19.5. The third-order valence-electron chi connectivity index (χ3n) is 3.48. The van der Waals surface area contributed by atoms with Crippen LogP contribution in [0, 0.1) is 0 Å². The first-order chi connectivity index (χ1) is 12.7. The van der Waals surface area contributed by atoms with Crippen LogP contribution < -0.4 is 5.32 Å². The highest BCUT2D eigenvalue weighted by molar-refractivity contribution is 5.95. The fourth-order valence-corrected chi connectivity index (χ4v) is 2.08. The van der Waals surface area contributed by atoms with Gasteiger partial charge in [0, 0.05) is 12.1 Å². The summed E-state index contributed by atoms with van der Waals surface area (Å²) in [6.45, 7) is 0.00812. The average molecular weight is 379 g/mol. The molecule has 10 heteroatoms. The van der Waals surface area contributed by atoms with Crippen LogP contribution in [0.3, 0.4) is 0 Å². The van der Waals surface area contributed by atoms with E-state index in [1.807, 2.05) is 0 Å². The van der Waals surface area contributed by atoms with Gasteiger partial charge < -0.3 is 40.7 Å². The molecule has 0 atom stereocenters. The molecule has 0 aliphatic rings. The number of amides is 1. The van der Waals surface area contributed by atoms with Gasteiger partial charge in [-0.15, -0.1) is 0 Å². The second kappa shape index (κ2) is 8.04. The molecule has 0 unspecified atom stereocenters. The van der Waals surface area contributed by atoms with Crippen molar-refractivity contribution >= 4 is 11.9 Å². The van der Waals surface area contributed by atoms with E-state index in [0.29, 0.717) is 0 Å². The first-order valence-corrected chi connectivity index (χ1v) is 7.66. The van der Waals surface area contributed by atoms with E-state index >= 15 is 0 Å². The van der Waals surface area contributed by atoms with Crippen LogP contribution in [0.15, 0.2) is 24.3 Å². The molecule has 0 aromatic heterocycles. The Labute approximate surface area is 152 Å². The molecule has 144 valence electrons. The number of esters is 1. The van der Waals surface area contributed by atoms with E-state index in [2.05, 4.69) is 5.32 Å². The lowest BCUT2D eigenvalue weighted by atomic mass is 10.1. The van der Waals surface area contributed by atoms with E-state index in [1.165, 1.54) is 0 Å². The maximum Gasteiger partial charge on any atom is 0.338 e. The van der Waals surface area contributed by atoms with E-state index in [-0.39, 0.29) is 30.7 Å². The largest absolute Gasteiger partial charge is 0.504 e. The number of nitrogens with one attached hydrogen (secondary N) is 1. The summed E-state index contributed by atoms with van der Waals surface area (Å²) < 4.78 is 4.91. The van der Waals surface area contributed by atoms with Gasteiger partial charge in [0.15, 0.2) is 34.5 Å². The van der Waals surface area contributed by atoms with Crippen LogP contribution in [0.4, 0.5) is 0 Å². The zero-order chi connectivity index (χ0) is 20.1. The van der Waals surface area contributed by atoms with E-state index in [9.17, 15) is 40.2 Å². The van der Waals surface area contributed by atoms with Crippen molar-refractivity contribution in [1.29, 1.82) is 0 Å². The highest BCUT2D eigenvalue weighted by Gasteiger charge is 2.15. The lowest BCUT2D eigenvalue weighted by molar-refractivity contribution is 0.0500. The van der Waals surface area contributed by atoms with Crippen molar-refractivity contribution in [1.82, 2.24) is 5.32 Å². The molecule has 2 aromatic carbocycles. The average Bonchev–Trinajstić information content (AvgIpc) is 2.62. The molecule has 0 aliphatic heterocycles. The van der Waals surface area contributed by atoms with Crippen molar-refractivity contribution in [3.8, 4) is 34.5 Å². The normalized spacial score (nSPS) is 10.4. The smallest absolute Gasteiger partial charge is 0.338 e. The Morgan fingerprint density at radius 3 is 1.70 bits per heavy atom. The highest BCUT2D eigenvalue weighted by Crippen LogP contribution is 2.36. The van der Waals surface area contributed by atoms with Gasteiger partial charge in [-0.1, -0.05) is 0 Å². The first-order valence-electron chi connectivity index (χ1n) is 7.66. The maximum absolute atomic E-state index is 11.9. The number of ether oxygens (including phenoxy) is 1. The van der Waals surface area contributed by atoms with Gasteiger partial charge in [-0.05, 0) is 30.7 Å². The number of rotatable bonds is 6. The molecule has 0 saturated carbocycles. The van der Waals surface area contributed by atoms with Crippen LogP contribution in [-0.4, -0.2) is 55.7 Å². The van der Waals surface area contributed by atoms with Gasteiger partial charge >= 0.3 is 5.97 Å². The lowest BCUT2D eigenvalue weighted by Crippen LogP contribution is -2.25. The number of hydrogen-bond acceptors (Lipinski definition) is 9. The Balaban J connectivity index is 1.80. The van der Waals surface area contributed by atoms with Crippen molar-refractivity contribution in [3.05, 3.63) is 35.4 Å². The second-order valence-corrected chi connectivity index (χ2v) is 5.47. The molecule has 0 heterocycles. The van der Waals surface area contributed by atoms with Crippen LogP contribution in [0.5, 0.6) is 34.5 Å². The van der Waals surface area contributed by atoms with Crippen LogP contribution >= 0.6 is 0 Å². The van der Waals surface area contributed by atoms with Crippen molar-refractivity contribution < 1.29 is 45.0 Å². The zero-order valence-corrected chi connectivity index (χ0v) is 13.8. The Hall–Kier alpha value is -3.82. The molecule has 1 amide bonds. The SMILES string of the molecule is O=C(NCCCOC(=O)c1cc(O)c(O)c(O)c1)c1cc(O)c(O)c(O)c1. The van der Waals surface area contributed by atoms with Crippen LogP contribution in [0.2, 0.25) is 0 Å². The number of phenolic OH excluding ortho intramolecular Hbond substituents is 6. The number of aromatic hydroxyl groups is 6. The molecule has 2 rings (SSSR count). The summed E-state index contributed by atoms with van der Waals surface area (Å²) in [6, 6.07) is 3.83. The monoisotopic (exact) mass is 379 g/mol. The van der Waals surface area contributed by atoms with Crippen LogP contribution in [-0.2, 0) is 4.74 Å². The predicted octanol–water partition coefficient (Wildman–Crippen LogP) is 0.897. The standard InChI is InChI=1S/C17H17NO9/c19-10-4-8(5-11(20)14(10)23)16(25)18-2-1-3-27-17(26)9-6-12(21)15(24)13(22)7-9/h4-7,19-24H,1-3H2,(H,18,25). The van der Waals surface area contributed by atoms with E-state index in [4.69, 9.17) is 4.74 Å². The summed E-state index contributed by atoms with van der Waals surface area (Å²) >= 11 is 0. The summed E-state index contributed by atoms with van der Waals surface area (Å²) in [6.07, 6.45) is 0.226. The molecule has 0 bridgehead atoms. The van der Waals surface area contributed by atoms with Crippen molar-refractivity contribution in [2.24, 2.45) is 0 Å². The molecule has 7 N–H and O–H groups in total. The zero-order valence-electron chi connectivity index (χ0n) is 13.8. The van der Waals surface area contributed by atoms with Gasteiger partial charge in [0.05, 0.1) is 12.2 Å². The van der Waals surface area contributed by atoms with Crippen molar-refractivity contribution in [2.75, 3.05) is 13.2 Å². The number of phenols is 6. The molecular weight excluding hydrogens is 362 g/mol. The highest BCUT2D eigenvalue weighted by atomic mass is 16.5. The van der Waals surface area contributed by atoms with Crippen LogP contribution in [0.25, 0.3) is 0 Å². The molecule has 0 spiro atoms. The Bertz CT molecular complexity index is 761. The molecule has 0 fully saturated rings. The maximum atomic E-state index is 11.9. The predicted molar refractivity (Wildman–Crippen MR) is 90.1 cm³/mol. The van der Waals surface area contributed by atoms with E-state index < -0.39 is 46.4 Å². The van der Waals surface area contributed by atoms with Crippen molar-refractivity contribution in [3.63, 3.8) is 0 Å². The number of carbonyl (C=O) groups is 2. The fourth-order valence-electron chi connectivity index (χ4n) is 2.08. The molecule has 10 nitrogen and oxygen atoms in total. The molecule has 27 heavy (non-hydrogen) atoms. The van der Waals surface area contributed by atoms with E-state index in [0.717, 1.165) is 24.3 Å². The fraction of sp³-hybridized carbons (Fsp3) is 0.176. The van der Waals surface area contributed by atoms with Gasteiger partial charge in [-0.3, -0.25) is 4.79 Å². The molecule has 0 radical (unpaired) electrons. The van der Waals surface area contributed by atoms with Gasteiger partial charge in [-0.25, -0.2) is 4.79 Å². The number of benzene rings is 2. The Morgan fingerprint density at radius 2 is 1.22 bits per heavy atom. The third kappa shape index (κ3) is 4.63. The molecule has 0 saturated heterocycles. The number of carbonyl (C=O) groups excluding carboxylic acids is 2. The van der Waals surface area contributed by atoms with Gasteiger partial charge in [-0.2, -0.15) is 0 Å². The summed E-state index contributed by atoms with van der Waals surface area (Å²) in [5.74, 6) is -5.58. The van der Waals surface area contributed by atoms with Gasteiger partial charge in [0.2, 0.25) is 0 Å². The lowest BCUT2D eigenvalue weighted by Gasteiger charge is -2.09. The summed E-state index contributed by atoms with van der Waals surface area (Å²) in [5, 5.41) is 58.3. The van der Waals surface area contributed by atoms with Gasteiger partial charge in [0.25, 0.3) is 5.91 Å². The van der Waals surface area contributed by atoms with Crippen molar-refractivity contribution in [2.45, 2.75) is 6.42 Å². The van der Waals surface area contributed by atoms with E-state index in [1.54, 1.807) is 0 Å². The minimum Gasteiger partial charge on any atom is -0.504 e. The minimum absolute atomic E-state index is 0.0742. The van der Waals surface area contributed by atoms with Gasteiger partial charge in [0.1, 0.15) is 0 Å². The third-order valence-corrected chi connectivity index (χ3v) is 3.48. The Morgan fingerprint density at radius 1 is 0.778 bits per heavy atom. The molecular formula is C17H17NO9. The van der Waals surface area contributed by atoms with Crippen LogP contribution in [0.1, 0.15) is 27.1 Å². The Kier molecular flexibility index (Phi) is 5.81. The molecule has 0 aliphatic carbocycles. The summed E-state index contributed by atoms with van der Waals surface area (Å²) in [4.78, 5) is 23.7. The summed E-state index contributed by atoms with van der Waals surface area (Å²) in [7, 11) is 0. The number of hydrogen-bond donors (Lipinski definition) is 7. The topological polar surface area (TPSA) is 177 Å². The quantitative estimate of drug-likeness (QED) is 0.218.